The van der Waals surface area contributed by atoms with Crippen molar-refractivity contribution in [3.63, 3.8) is 0 Å². The number of methoxy groups -OCH3 is 1. The fraction of sp³-hybridized carbons (Fsp3) is 0.294. The van der Waals surface area contributed by atoms with Crippen molar-refractivity contribution in [3.8, 4) is 47.4 Å². The summed E-state index contributed by atoms with van der Waals surface area (Å²) in [7, 11) is 1.73. The van der Waals surface area contributed by atoms with Crippen LogP contribution in [0.15, 0.2) is 190 Å². The molecule has 0 saturated carbocycles. The number of halogens is 1. The van der Waals surface area contributed by atoms with Crippen LogP contribution in [0.3, 0.4) is 0 Å². The van der Waals surface area contributed by atoms with E-state index in [-0.39, 0.29) is 39.5 Å². The van der Waals surface area contributed by atoms with Crippen LogP contribution in [0.25, 0.3) is 43.6 Å². The average Bonchev–Trinajstić information content (AvgIpc) is 1.75. The summed E-state index contributed by atoms with van der Waals surface area (Å²) in [5.41, 5.74) is 8.35. The van der Waals surface area contributed by atoms with Gasteiger partial charge in [-0.2, -0.15) is 0 Å². The topological polar surface area (TPSA) is 230 Å². The first-order valence-corrected chi connectivity index (χ1v) is 35.6. The first-order chi connectivity index (χ1) is 51.2. The van der Waals surface area contributed by atoms with E-state index in [0.29, 0.717) is 131 Å². The van der Waals surface area contributed by atoms with Crippen LogP contribution in [0, 0.1) is 47.4 Å². The molecule has 4 unspecified atom stereocenters. The van der Waals surface area contributed by atoms with Crippen LogP contribution in [-0.4, -0.2) is 100 Å². The van der Waals surface area contributed by atoms with Crippen molar-refractivity contribution in [1.82, 2.24) is 58.1 Å². The first kappa shape index (κ1) is 70.1. The van der Waals surface area contributed by atoms with Crippen LogP contribution in [0.4, 0.5) is 4.39 Å². The van der Waals surface area contributed by atoms with E-state index in [0.717, 1.165) is 103 Å². The van der Waals surface area contributed by atoms with Crippen molar-refractivity contribution >= 4 is 43.6 Å². The molecule has 5 aliphatic rings. The zero-order valence-electron chi connectivity index (χ0n) is 58.4. The van der Waals surface area contributed by atoms with Crippen molar-refractivity contribution in [1.29, 1.82) is 0 Å². The lowest BCUT2D eigenvalue weighted by Gasteiger charge is -2.25. The minimum atomic E-state index is -0.871. The van der Waals surface area contributed by atoms with E-state index in [2.05, 4.69) is 84.2 Å². The summed E-state index contributed by atoms with van der Waals surface area (Å²) in [6, 6.07) is 44.5. The molecule has 105 heavy (non-hydrogen) atoms. The second-order valence-corrected chi connectivity index (χ2v) is 26.9. The van der Waals surface area contributed by atoms with E-state index in [1.54, 1.807) is 57.7 Å². The van der Waals surface area contributed by atoms with Crippen LogP contribution in [0.1, 0.15) is 139 Å². The van der Waals surface area contributed by atoms with E-state index in [1.807, 2.05) is 138 Å². The molecule has 17 rings (SSSR count). The lowest BCUT2D eigenvalue weighted by atomic mass is 9.91. The fourth-order valence-corrected chi connectivity index (χ4v) is 13.8. The molecule has 0 radical (unpaired) electrons. The summed E-state index contributed by atoms with van der Waals surface area (Å²) in [5.74, 6) is 27.5. The van der Waals surface area contributed by atoms with Crippen LogP contribution in [0.5, 0.6) is 0 Å². The Balaban J connectivity index is 0.000000118. The molecule has 0 amide bonds. The van der Waals surface area contributed by atoms with Gasteiger partial charge in [-0.3, -0.25) is 37.4 Å². The molecule has 1 fully saturated rings. The van der Waals surface area contributed by atoms with E-state index < -0.39 is 6.17 Å². The van der Waals surface area contributed by atoms with Gasteiger partial charge in [0.05, 0.1) is 60.9 Å². The second kappa shape index (κ2) is 31.8. The predicted octanol–water partition coefficient (Wildman–Crippen LogP) is 10.8. The van der Waals surface area contributed by atoms with Crippen LogP contribution in [-0.2, 0) is 61.3 Å². The molecule has 1 spiro atoms. The van der Waals surface area contributed by atoms with E-state index in [9.17, 15) is 28.7 Å². The summed E-state index contributed by atoms with van der Waals surface area (Å²) in [6.45, 7) is 5.13. The number of rotatable bonds is 1. The van der Waals surface area contributed by atoms with Gasteiger partial charge in [0.25, 0.3) is 22.2 Å². The molecule has 1 N–H and O–H groups in total. The van der Waals surface area contributed by atoms with Crippen LogP contribution < -0.4 is 22.2 Å². The summed E-state index contributed by atoms with van der Waals surface area (Å²) in [4.78, 5) is 87.0. The Morgan fingerprint density at radius 2 is 0.800 bits per heavy atom. The average molecular weight is 1400 g/mol. The minimum absolute atomic E-state index is 0.0135. The molecule has 13 heterocycles. The summed E-state index contributed by atoms with van der Waals surface area (Å²) >= 11 is 0. The Morgan fingerprint density at radius 1 is 0.429 bits per heavy atom. The summed E-state index contributed by atoms with van der Waals surface area (Å²) in [5, 5.41) is 12.3. The van der Waals surface area contributed by atoms with Crippen LogP contribution in [0.2, 0.25) is 0 Å². The number of aliphatic hydroxyl groups is 1. The Bertz CT molecular complexity index is 5610. The standard InChI is InChI=1S/C23H21N3O2.C22H21N3O2.C20H16FN3O.C20H17N3O2/c27-22-19-8-6-17(5-7-18-4-1-2-13-24-18)16-20(19)25-21-9-11-23(10-3-15-28-23)12-14-26(21)22;1-22(27-2)11-10-20-24-19-15-16(6-8-17-5-3-4-13-23-17)7-9-18(19)21(26)25(20)14-12-22;21-15-6-9-19-23-18-13-14(4-7-16-3-1-2-11-22-16)5-8-17(18)20(25)24(19)12-10-15;24-16-7-9-19-22-18-13-14(4-6-15-3-1-2-11-21-15)5-8-17(18)20(25)23(19)12-10-16/h1-2,4,6,8,13,16H,3,9-12,14-15H2;3-5,7,9,13,15H,10-12,14H2,1-2H3;1-3,5,8,11,13,15H,6,9-10,12H2;1-3,5,8,11,13,16,24H,7,9-10,12H2. The third kappa shape index (κ3) is 16.6. The van der Waals surface area contributed by atoms with E-state index in [4.69, 9.17) is 19.4 Å². The highest BCUT2D eigenvalue weighted by Crippen LogP contribution is 2.36. The number of hydrogen-bond donors (Lipinski definition) is 1. The number of hydrogen-bond acceptors (Lipinski definition) is 15. The maximum absolute atomic E-state index is 13.6. The quantitative estimate of drug-likeness (QED) is 0.151. The third-order valence-electron chi connectivity index (χ3n) is 19.9. The molecule has 4 atom stereocenters. The Kier molecular flexibility index (Phi) is 21.2. The van der Waals surface area contributed by atoms with Crippen molar-refractivity contribution in [3.05, 3.63) is 280 Å². The van der Waals surface area contributed by atoms with E-state index in [1.165, 1.54) is 0 Å². The number of fused-ring (bicyclic) bond motifs is 8. The minimum Gasteiger partial charge on any atom is -0.393 e. The van der Waals surface area contributed by atoms with Crippen molar-refractivity contribution < 1.29 is 19.0 Å². The maximum Gasteiger partial charge on any atom is 0.261 e. The highest BCUT2D eigenvalue weighted by molar-refractivity contribution is 5.82. The molecular weight excluding hydrogens is 1320 g/mol. The molecule has 4 aromatic carbocycles. The number of pyridine rings is 4. The highest BCUT2D eigenvalue weighted by Gasteiger charge is 2.37. The van der Waals surface area contributed by atoms with Gasteiger partial charge in [-0.25, -0.2) is 44.3 Å². The van der Waals surface area contributed by atoms with Crippen molar-refractivity contribution in [2.24, 2.45) is 0 Å². The largest absolute Gasteiger partial charge is 0.393 e. The molecule has 12 aromatic rings. The number of ether oxygens (including phenoxy) is 2. The maximum atomic E-state index is 13.6. The molecule has 5 aliphatic heterocycles. The Morgan fingerprint density at radius 3 is 1.18 bits per heavy atom. The number of nitrogens with zero attached hydrogens (tertiary/aromatic N) is 12. The van der Waals surface area contributed by atoms with Gasteiger partial charge in [0.1, 0.15) is 52.2 Å². The van der Waals surface area contributed by atoms with Gasteiger partial charge in [0, 0.05) is 113 Å². The third-order valence-corrected chi connectivity index (χ3v) is 19.9. The summed E-state index contributed by atoms with van der Waals surface area (Å²) < 4.78 is 32.3. The lowest BCUT2D eigenvalue weighted by molar-refractivity contribution is -0.00911. The predicted molar refractivity (Wildman–Crippen MR) is 401 cm³/mol. The zero-order chi connectivity index (χ0) is 72.3. The number of aliphatic hydroxyl groups excluding tert-OH is 1. The van der Waals surface area contributed by atoms with Crippen molar-refractivity contribution in [2.75, 3.05) is 13.7 Å². The van der Waals surface area contributed by atoms with Gasteiger partial charge in [-0.1, -0.05) is 47.9 Å². The second-order valence-electron chi connectivity index (χ2n) is 26.9. The van der Waals surface area contributed by atoms with Gasteiger partial charge < -0.3 is 14.6 Å². The normalized spacial score (nSPS) is 18.4. The summed E-state index contributed by atoms with van der Waals surface area (Å²) in [6.07, 6.45) is 15.9. The SMILES string of the molecule is COC1(C)CCc2nc3cc(C#Cc4ccccn4)ccc3c(=O)n2CC1.O=c1c2ccc(C#Cc3ccccn3)cc2nc2n1CCC(F)CC2.O=c1c2ccc(C#Cc3ccccn3)cc2nc2n1CCC(O)CC2.O=c1c2ccc(C#Cc3ccccn3)cc2nc2n1CCC1(CCCO1)CC2. The Labute approximate surface area is 605 Å². The molecular formula is C85H75FN12O7. The fourth-order valence-electron chi connectivity index (χ4n) is 13.8. The van der Waals surface area contributed by atoms with Gasteiger partial charge in [0.2, 0.25) is 0 Å². The van der Waals surface area contributed by atoms with Gasteiger partial charge >= 0.3 is 0 Å². The molecule has 0 bridgehead atoms. The van der Waals surface area contributed by atoms with E-state index >= 15 is 0 Å². The number of alkyl halides is 1. The van der Waals surface area contributed by atoms with Gasteiger partial charge in [-0.05, 0) is 216 Å². The zero-order valence-corrected chi connectivity index (χ0v) is 58.4. The molecule has 0 aliphatic carbocycles. The van der Waals surface area contributed by atoms with Crippen molar-refractivity contribution in [2.45, 2.75) is 146 Å². The lowest BCUT2D eigenvalue weighted by Crippen LogP contribution is -2.29. The molecule has 1 saturated heterocycles. The molecule has 20 heteroatoms. The molecule has 524 valence electrons. The van der Waals surface area contributed by atoms with Crippen LogP contribution >= 0.6 is 0 Å². The molecule has 8 aromatic heterocycles. The number of aromatic nitrogens is 12. The molecule has 19 nitrogen and oxygen atoms in total. The smallest absolute Gasteiger partial charge is 0.261 e. The monoisotopic (exact) mass is 1390 g/mol. The number of benzene rings is 4. The number of aryl methyl sites for hydroxylation is 4. The first-order valence-electron chi connectivity index (χ1n) is 35.6. The Hall–Kier alpha value is -11.9. The highest BCUT2D eigenvalue weighted by atomic mass is 19.1. The van der Waals surface area contributed by atoms with Gasteiger partial charge in [0.15, 0.2) is 0 Å². The van der Waals surface area contributed by atoms with Gasteiger partial charge in [-0.15, -0.1) is 0 Å².